The number of hydrogen-bond acceptors (Lipinski definition) is 2. The van der Waals surface area contributed by atoms with E-state index in [0.717, 1.165) is 25.7 Å². The van der Waals surface area contributed by atoms with Gasteiger partial charge in [0.15, 0.2) is 5.76 Å². The number of hydrogen-bond donors (Lipinski definition) is 2. The largest absolute Gasteiger partial charge is 0.503 e. The van der Waals surface area contributed by atoms with Gasteiger partial charge in [-0.15, -0.1) is 0 Å². The van der Waals surface area contributed by atoms with Crippen molar-refractivity contribution in [2.75, 3.05) is 7.05 Å². The summed E-state index contributed by atoms with van der Waals surface area (Å²) in [5, 5.41) is 12.6. The summed E-state index contributed by atoms with van der Waals surface area (Å²) in [5.41, 5.74) is 0.920. The highest BCUT2D eigenvalue weighted by atomic mass is 16.3. The Kier molecular flexibility index (Phi) is 7.76. The Balaban J connectivity index is 5.96. The van der Waals surface area contributed by atoms with E-state index in [2.05, 4.69) is 52.9 Å². The van der Waals surface area contributed by atoms with Crippen molar-refractivity contribution < 1.29 is 9.90 Å². The number of carbonyl (C=O) groups is 1. The topological polar surface area (TPSA) is 49.3 Å². The van der Waals surface area contributed by atoms with Crippen LogP contribution in [0, 0.1) is 10.8 Å². The summed E-state index contributed by atoms with van der Waals surface area (Å²) in [5.74, 6) is -0.630. The van der Waals surface area contributed by atoms with E-state index in [1.54, 1.807) is 6.08 Å². The first-order valence-electron chi connectivity index (χ1n) is 8.01. The maximum absolute atomic E-state index is 11.7. The van der Waals surface area contributed by atoms with Gasteiger partial charge in [-0.25, -0.2) is 0 Å². The first-order chi connectivity index (χ1) is 9.69. The van der Waals surface area contributed by atoms with Crippen LogP contribution in [0.3, 0.4) is 0 Å². The second kappa shape index (κ2) is 8.26. The summed E-state index contributed by atoms with van der Waals surface area (Å²) in [6, 6.07) is 0. The van der Waals surface area contributed by atoms with Gasteiger partial charge in [0.25, 0.3) is 5.91 Å². The highest BCUT2D eigenvalue weighted by Crippen LogP contribution is 2.48. The number of allylic oxidation sites excluding steroid dienone is 3. The van der Waals surface area contributed by atoms with Crippen molar-refractivity contribution in [1.29, 1.82) is 0 Å². The van der Waals surface area contributed by atoms with Crippen LogP contribution in [0.25, 0.3) is 0 Å². The average Bonchev–Trinajstić information content (AvgIpc) is 2.45. The third-order valence-electron chi connectivity index (χ3n) is 4.88. The Morgan fingerprint density at radius 3 is 2.14 bits per heavy atom. The molecular formula is C18H33NO2. The lowest BCUT2D eigenvalue weighted by atomic mass is 9.61. The van der Waals surface area contributed by atoms with Gasteiger partial charge in [-0.2, -0.15) is 0 Å². The Morgan fingerprint density at radius 1 is 1.19 bits per heavy atom. The zero-order chi connectivity index (χ0) is 16.7. The van der Waals surface area contributed by atoms with E-state index < -0.39 is 5.91 Å². The third kappa shape index (κ3) is 4.90. The molecule has 0 aromatic carbocycles. The molecule has 0 radical (unpaired) electrons. The Hall–Kier alpha value is -1.25. The fourth-order valence-corrected chi connectivity index (χ4v) is 2.86. The zero-order valence-electron chi connectivity index (χ0n) is 14.8. The zero-order valence-corrected chi connectivity index (χ0v) is 14.8. The molecule has 0 aromatic heterocycles. The molecule has 3 nitrogen and oxygen atoms in total. The van der Waals surface area contributed by atoms with Gasteiger partial charge in [0.2, 0.25) is 0 Å². The van der Waals surface area contributed by atoms with Crippen LogP contribution >= 0.6 is 0 Å². The van der Waals surface area contributed by atoms with Gasteiger partial charge >= 0.3 is 0 Å². The first kappa shape index (κ1) is 19.8. The fourth-order valence-electron chi connectivity index (χ4n) is 2.86. The van der Waals surface area contributed by atoms with Gasteiger partial charge in [0.05, 0.1) is 0 Å². The molecule has 0 aliphatic carbocycles. The number of aliphatic hydroxyl groups excluding tert-OH is 1. The molecule has 2 unspecified atom stereocenters. The van der Waals surface area contributed by atoms with E-state index in [1.807, 2.05) is 0 Å². The Morgan fingerprint density at radius 2 is 1.76 bits per heavy atom. The molecule has 0 fully saturated rings. The van der Waals surface area contributed by atoms with Crippen LogP contribution in [0.15, 0.2) is 23.5 Å². The second-order valence-corrected chi connectivity index (χ2v) is 6.40. The van der Waals surface area contributed by atoms with Gasteiger partial charge in [-0.1, -0.05) is 52.7 Å². The van der Waals surface area contributed by atoms with Crippen molar-refractivity contribution >= 4 is 5.91 Å². The van der Waals surface area contributed by atoms with Gasteiger partial charge in [-0.3, -0.25) is 4.79 Å². The molecule has 122 valence electrons. The lowest BCUT2D eigenvalue weighted by Gasteiger charge is -2.43. The first-order valence-corrected chi connectivity index (χ1v) is 8.01. The van der Waals surface area contributed by atoms with E-state index in [-0.39, 0.29) is 16.6 Å². The molecule has 0 saturated carbocycles. The summed E-state index contributed by atoms with van der Waals surface area (Å²) < 4.78 is 0. The van der Waals surface area contributed by atoms with E-state index >= 15 is 0 Å². The van der Waals surface area contributed by atoms with E-state index in [9.17, 15) is 9.90 Å². The van der Waals surface area contributed by atoms with Gasteiger partial charge in [0.1, 0.15) is 0 Å². The molecule has 0 aliphatic rings. The van der Waals surface area contributed by atoms with E-state index in [1.165, 1.54) is 12.6 Å². The number of aliphatic hydroxyl groups is 1. The molecule has 0 bridgehead atoms. The van der Waals surface area contributed by atoms with Crippen LogP contribution in [-0.4, -0.2) is 18.1 Å². The standard InChI is InChI=1S/C18H33NO2/c1-8-11-17(5,10-3)18(6,12-14(4)9-2)13-15(20)16(21)19-7/h12-13,20H,8-11H2,1-7H3,(H,19,21)/b14-12+,15-13+. The molecule has 0 spiro atoms. The van der Waals surface area contributed by atoms with Crippen molar-refractivity contribution in [3.63, 3.8) is 0 Å². The van der Waals surface area contributed by atoms with Crippen LogP contribution in [-0.2, 0) is 4.79 Å². The Bertz CT molecular complexity index is 411. The van der Waals surface area contributed by atoms with Crippen LogP contribution in [0.1, 0.15) is 67.2 Å². The molecule has 1 amide bonds. The van der Waals surface area contributed by atoms with Crippen LogP contribution < -0.4 is 5.32 Å². The SMILES string of the molecule is CCCC(C)(CC)C(C)(/C=C(\C)CC)/C=C(/O)C(=O)NC. The molecule has 3 heteroatoms. The summed E-state index contributed by atoms with van der Waals surface area (Å²) in [4.78, 5) is 11.7. The lowest BCUT2D eigenvalue weighted by Crippen LogP contribution is -2.36. The van der Waals surface area contributed by atoms with Crippen molar-refractivity contribution in [3.8, 4) is 0 Å². The molecule has 2 N–H and O–H groups in total. The molecule has 0 aromatic rings. The highest BCUT2D eigenvalue weighted by molar-refractivity contribution is 5.90. The average molecular weight is 295 g/mol. The smallest absolute Gasteiger partial charge is 0.285 e. The highest BCUT2D eigenvalue weighted by Gasteiger charge is 2.40. The predicted octanol–water partition coefficient (Wildman–Crippen LogP) is 4.75. The lowest BCUT2D eigenvalue weighted by molar-refractivity contribution is -0.119. The maximum Gasteiger partial charge on any atom is 0.285 e. The van der Waals surface area contributed by atoms with Gasteiger partial charge < -0.3 is 10.4 Å². The fraction of sp³-hybridized carbons (Fsp3) is 0.722. The minimum atomic E-state index is -0.432. The summed E-state index contributed by atoms with van der Waals surface area (Å²) >= 11 is 0. The molecule has 0 saturated heterocycles. The molecule has 0 aliphatic heterocycles. The van der Waals surface area contributed by atoms with Crippen LogP contribution in [0.4, 0.5) is 0 Å². The number of amides is 1. The summed E-state index contributed by atoms with van der Waals surface area (Å²) in [7, 11) is 1.53. The molecular weight excluding hydrogens is 262 g/mol. The van der Waals surface area contributed by atoms with Gasteiger partial charge in [-0.05, 0) is 37.7 Å². The minimum Gasteiger partial charge on any atom is -0.503 e. The quantitative estimate of drug-likeness (QED) is 0.385. The van der Waals surface area contributed by atoms with Crippen molar-refractivity contribution in [3.05, 3.63) is 23.5 Å². The number of rotatable bonds is 8. The van der Waals surface area contributed by atoms with E-state index in [4.69, 9.17) is 0 Å². The van der Waals surface area contributed by atoms with Crippen molar-refractivity contribution in [2.45, 2.75) is 67.2 Å². The molecule has 21 heavy (non-hydrogen) atoms. The van der Waals surface area contributed by atoms with E-state index in [0.29, 0.717) is 0 Å². The summed E-state index contributed by atoms with van der Waals surface area (Å²) in [6.07, 6.45) is 8.02. The van der Waals surface area contributed by atoms with Crippen LogP contribution in [0.5, 0.6) is 0 Å². The number of carbonyl (C=O) groups excluding carboxylic acids is 1. The third-order valence-corrected chi connectivity index (χ3v) is 4.88. The normalized spacial score (nSPS) is 18.8. The van der Waals surface area contributed by atoms with Crippen LogP contribution in [0.2, 0.25) is 0 Å². The number of likely N-dealkylation sites (N-methyl/N-ethyl adjacent to an activating group) is 1. The monoisotopic (exact) mass is 295 g/mol. The maximum atomic E-state index is 11.7. The Labute approximate surface area is 130 Å². The predicted molar refractivity (Wildman–Crippen MR) is 90.2 cm³/mol. The summed E-state index contributed by atoms with van der Waals surface area (Å²) in [6.45, 7) is 12.9. The van der Waals surface area contributed by atoms with Gasteiger partial charge in [0, 0.05) is 12.5 Å². The molecule has 2 atom stereocenters. The number of nitrogens with one attached hydrogen (secondary N) is 1. The van der Waals surface area contributed by atoms with Crippen molar-refractivity contribution in [1.82, 2.24) is 5.32 Å². The molecule has 0 rings (SSSR count). The minimum absolute atomic E-state index is 0.000180. The molecule has 0 heterocycles. The van der Waals surface area contributed by atoms with Crippen molar-refractivity contribution in [2.24, 2.45) is 10.8 Å². The second-order valence-electron chi connectivity index (χ2n) is 6.40.